The van der Waals surface area contributed by atoms with E-state index < -0.39 is 6.04 Å². The lowest BCUT2D eigenvalue weighted by atomic mass is 9.60. The van der Waals surface area contributed by atoms with Crippen LogP contribution in [0.1, 0.15) is 54.4 Å². The molecule has 4 aliphatic rings. The number of carbonyl (C=O) groups excluding carboxylic acids is 3. The van der Waals surface area contributed by atoms with Crippen molar-refractivity contribution < 1.29 is 14.4 Å². The number of hydrogen-bond acceptors (Lipinski definition) is 5. The molecule has 1 aromatic rings. The molecule has 0 bridgehead atoms. The number of anilines is 1. The van der Waals surface area contributed by atoms with Crippen LogP contribution in [0.3, 0.4) is 0 Å². The monoisotopic (exact) mass is 382 g/mol. The average molecular weight is 382 g/mol. The summed E-state index contributed by atoms with van der Waals surface area (Å²) in [6.45, 7) is 2.65. The number of rotatable bonds is 3. The van der Waals surface area contributed by atoms with Gasteiger partial charge >= 0.3 is 0 Å². The summed E-state index contributed by atoms with van der Waals surface area (Å²) in [6.07, 6.45) is 5.54. The van der Waals surface area contributed by atoms with Gasteiger partial charge in [0.15, 0.2) is 0 Å². The molecule has 0 aromatic heterocycles. The van der Waals surface area contributed by atoms with Gasteiger partial charge < -0.3 is 15.5 Å². The molecule has 0 radical (unpaired) electrons. The quantitative estimate of drug-likeness (QED) is 0.688. The van der Waals surface area contributed by atoms with Crippen molar-refractivity contribution in [3.05, 3.63) is 29.3 Å². The fourth-order valence-corrected chi connectivity index (χ4v) is 5.39. The molecule has 28 heavy (non-hydrogen) atoms. The maximum Gasteiger partial charge on any atom is 0.255 e. The van der Waals surface area contributed by atoms with E-state index in [1.54, 1.807) is 4.90 Å². The van der Waals surface area contributed by atoms with Crippen LogP contribution in [0.15, 0.2) is 18.2 Å². The molecular weight excluding hydrogens is 356 g/mol. The first kappa shape index (κ1) is 17.7. The first-order chi connectivity index (χ1) is 13.5. The van der Waals surface area contributed by atoms with Crippen LogP contribution in [0.2, 0.25) is 0 Å². The van der Waals surface area contributed by atoms with E-state index in [0.29, 0.717) is 30.0 Å². The second-order valence-corrected chi connectivity index (χ2v) is 8.73. The standard InChI is InChI=1S/C21H26N4O3/c26-18-5-4-17(19(27)24-18)25-12-15-14(20(25)28)2-1-3-16(15)23-13-10-21(11-13)6-8-22-9-7-21/h1-3,13,17,22-23H,4-12H2,(H,24,26,27). The summed E-state index contributed by atoms with van der Waals surface area (Å²) in [4.78, 5) is 38.2. The lowest BCUT2D eigenvalue weighted by molar-refractivity contribution is -0.136. The molecule has 1 spiro atoms. The van der Waals surface area contributed by atoms with E-state index in [9.17, 15) is 14.4 Å². The lowest BCUT2D eigenvalue weighted by Crippen LogP contribution is -2.52. The molecule has 5 rings (SSSR count). The van der Waals surface area contributed by atoms with Gasteiger partial charge in [0.05, 0.1) is 0 Å². The smallest absolute Gasteiger partial charge is 0.255 e. The number of amides is 3. The summed E-state index contributed by atoms with van der Waals surface area (Å²) in [6, 6.07) is 5.67. The molecule has 148 valence electrons. The predicted molar refractivity (Wildman–Crippen MR) is 104 cm³/mol. The highest BCUT2D eigenvalue weighted by Crippen LogP contribution is 2.49. The van der Waals surface area contributed by atoms with Gasteiger partial charge in [0.2, 0.25) is 11.8 Å². The Morgan fingerprint density at radius 2 is 1.89 bits per heavy atom. The maximum absolute atomic E-state index is 12.9. The maximum atomic E-state index is 12.9. The van der Waals surface area contributed by atoms with Crippen LogP contribution in [-0.4, -0.2) is 47.8 Å². The highest BCUT2D eigenvalue weighted by molar-refractivity contribution is 6.06. The number of carbonyl (C=O) groups is 3. The van der Waals surface area contributed by atoms with Crippen molar-refractivity contribution in [3.8, 4) is 0 Å². The molecule has 1 unspecified atom stereocenters. The summed E-state index contributed by atoms with van der Waals surface area (Å²) in [5.74, 6) is -0.736. The Bertz CT molecular complexity index is 838. The van der Waals surface area contributed by atoms with Gasteiger partial charge in [-0.3, -0.25) is 19.7 Å². The molecule has 1 atom stereocenters. The van der Waals surface area contributed by atoms with Crippen LogP contribution in [0, 0.1) is 5.41 Å². The Labute approximate surface area is 164 Å². The van der Waals surface area contributed by atoms with E-state index >= 15 is 0 Å². The van der Waals surface area contributed by atoms with Gasteiger partial charge in [-0.25, -0.2) is 0 Å². The second-order valence-electron chi connectivity index (χ2n) is 8.73. The third-order valence-corrected chi connectivity index (χ3v) is 6.96. The summed E-state index contributed by atoms with van der Waals surface area (Å²) < 4.78 is 0. The minimum Gasteiger partial charge on any atom is -0.382 e. The molecule has 7 heteroatoms. The summed E-state index contributed by atoms with van der Waals surface area (Å²) in [7, 11) is 0. The first-order valence-electron chi connectivity index (χ1n) is 10.3. The second kappa shape index (κ2) is 6.58. The van der Waals surface area contributed by atoms with Crippen LogP contribution < -0.4 is 16.0 Å². The Morgan fingerprint density at radius 1 is 1.11 bits per heavy atom. The van der Waals surface area contributed by atoms with Crippen LogP contribution in [0.4, 0.5) is 5.69 Å². The number of imide groups is 1. The highest BCUT2D eigenvalue weighted by Gasteiger charge is 2.45. The summed E-state index contributed by atoms with van der Waals surface area (Å²) >= 11 is 0. The zero-order chi connectivity index (χ0) is 19.3. The molecule has 1 aromatic carbocycles. The Balaban J connectivity index is 1.30. The van der Waals surface area contributed by atoms with Crippen LogP contribution in [0.25, 0.3) is 0 Å². The zero-order valence-electron chi connectivity index (χ0n) is 15.9. The minimum atomic E-state index is -0.563. The lowest BCUT2D eigenvalue weighted by Gasteiger charge is -2.51. The van der Waals surface area contributed by atoms with Crippen LogP contribution in [0.5, 0.6) is 0 Å². The first-order valence-corrected chi connectivity index (χ1v) is 10.3. The Hall–Kier alpha value is -2.41. The van der Waals surface area contributed by atoms with Crippen molar-refractivity contribution in [1.29, 1.82) is 0 Å². The molecule has 3 amide bonds. The molecule has 3 N–H and O–H groups in total. The van der Waals surface area contributed by atoms with Gasteiger partial charge in [0.1, 0.15) is 6.04 Å². The molecule has 1 aliphatic carbocycles. The fourth-order valence-electron chi connectivity index (χ4n) is 5.39. The van der Waals surface area contributed by atoms with Gasteiger partial charge in [0, 0.05) is 35.8 Å². The fraction of sp³-hybridized carbons (Fsp3) is 0.571. The highest BCUT2D eigenvalue weighted by atomic mass is 16.2. The number of nitrogens with zero attached hydrogens (tertiary/aromatic N) is 1. The topological polar surface area (TPSA) is 90.5 Å². The van der Waals surface area contributed by atoms with E-state index in [1.165, 1.54) is 25.7 Å². The van der Waals surface area contributed by atoms with E-state index in [4.69, 9.17) is 0 Å². The molecule has 1 saturated carbocycles. The number of hydrogen-bond donors (Lipinski definition) is 3. The predicted octanol–water partition coefficient (Wildman–Crippen LogP) is 1.39. The van der Waals surface area contributed by atoms with Gasteiger partial charge in [-0.2, -0.15) is 0 Å². The average Bonchev–Trinajstić information content (AvgIpc) is 2.99. The number of fused-ring (bicyclic) bond motifs is 1. The number of piperidine rings is 2. The van der Waals surface area contributed by atoms with E-state index in [0.717, 1.165) is 24.3 Å². The van der Waals surface area contributed by atoms with Crippen molar-refractivity contribution in [2.75, 3.05) is 18.4 Å². The Morgan fingerprint density at radius 3 is 2.64 bits per heavy atom. The van der Waals surface area contributed by atoms with Crippen molar-refractivity contribution >= 4 is 23.4 Å². The van der Waals surface area contributed by atoms with E-state index in [1.807, 2.05) is 18.2 Å². The number of benzene rings is 1. The van der Waals surface area contributed by atoms with Crippen molar-refractivity contribution in [3.63, 3.8) is 0 Å². The van der Waals surface area contributed by atoms with Crippen molar-refractivity contribution in [2.24, 2.45) is 5.41 Å². The molecule has 2 saturated heterocycles. The largest absolute Gasteiger partial charge is 0.382 e. The normalized spacial score (nSPS) is 26.8. The third kappa shape index (κ3) is 2.89. The molecule has 3 aliphatic heterocycles. The molecule has 7 nitrogen and oxygen atoms in total. The SMILES string of the molecule is O=C1CCC(N2Cc3c(NC4CC5(CCNCC5)C4)cccc3C2=O)C(=O)N1. The molecule has 3 fully saturated rings. The van der Waals surface area contributed by atoms with E-state index in [-0.39, 0.29) is 24.1 Å². The zero-order valence-corrected chi connectivity index (χ0v) is 15.9. The van der Waals surface area contributed by atoms with Gasteiger partial charge in [-0.1, -0.05) is 6.07 Å². The Kier molecular flexibility index (Phi) is 4.16. The molecular formula is C21H26N4O3. The van der Waals surface area contributed by atoms with Crippen molar-refractivity contribution in [2.45, 2.75) is 57.2 Å². The summed E-state index contributed by atoms with van der Waals surface area (Å²) in [5.41, 5.74) is 3.15. The molecule has 3 heterocycles. The van der Waals surface area contributed by atoms with E-state index in [2.05, 4.69) is 16.0 Å². The van der Waals surface area contributed by atoms with Crippen LogP contribution in [-0.2, 0) is 16.1 Å². The van der Waals surface area contributed by atoms with Gasteiger partial charge in [-0.05, 0) is 62.7 Å². The van der Waals surface area contributed by atoms with Gasteiger partial charge in [-0.15, -0.1) is 0 Å². The van der Waals surface area contributed by atoms with Gasteiger partial charge in [0.25, 0.3) is 5.91 Å². The van der Waals surface area contributed by atoms with Crippen LogP contribution >= 0.6 is 0 Å². The minimum absolute atomic E-state index is 0.114. The van der Waals surface area contributed by atoms with Crippen molar-refractivity contribution in [1.82, 2.24) is 15.5 Å². The summed E-state index contributed by atoms with van der Waals surface area (Å²) in [5, 5.41) is 9.45. The number of nitrogens with one attached hydrogen (secondary N) is 3. The third-order valence-electron chi connectivity index (χ3n) is 6.96.